The van der Waals surface area contributed by atoms with Gasteiger partial charge in [0.25, 0.3) is 0 Å². The third-order valence-corrected chi connectivity index (χ3v) is 5.94. The number of amides is 3. The molecule has 0 aliphatic rings. The maximum atomic E-state index is 13.9. The monoisotopic (exact) mass is 506 g/mol. The highest BCUT2D eigenvalue weighted by molar-refractivity contribution is 5.92. The Morgan fingerprint density at radius 1 is 1.03 bits per heavy atom. The number of rotatable bonds is 9. The topological polar surface area (TPSA) is 112 Å². The van der Waals surface area contributed by atoms with Crippen LogP contribution in [0.4, 0.5) is 4.79 Å². The maximum Gasteiger partial charge on any atom is 0.408 e. The van der Waals surface area contributed by atoms with Gasteiger partial charge in [-0.15, -0.1) is 0 Å². The van der Waals surface area contributed by atoms with Gasteiger partial charge in [-0.2, -0.15) is 5.26 Å². The average molecular weight is 507 g/mol. The summed E-state index contributed by atoms with van der Waals surface area (Å²) in [5.74, 6) is -1.28. The van der Waals surface area contributed by atoms with Crippen LogP contribution in [0, 0.1) is 31.1 Å². The van der Waals surface area contributed by atoms with Gasteiger partial charge >= 0.3 is 6.09 Å². The number of hydrogen-bond acceptors (Lipinski definition) is 5. The second-order valence-corrected chi connectivity index (χ2v) is 10.4. The van der Waals surface area contributed by atoms with Crippen molar-refractivity contribution in [2.45, 2.75) is 72.7 Å². The number of nitriles is 1. The van der Waals surface area contributed by atoms with Crippen LogP contribution in [0.2, 0.25) is 0 Å². The second-order valence-electron chi connectivity index (χ2n) is 10.4. The number of hydrogen-bond donors (Lipinski definition) is 2. The molecule has 0 saturated heterocycles. The van der Waals surface area contributed by atoms with Gasteiger partial charge < -0.3 is 20.3 Å². The van der Waals surface area contributed by atoms with Crippen molar-refractivity contribution in [1.82, 2.24) is 15.5 Å². The molecule has 37 heavy (non-hydrogen) atoms. The highest BCUT2D eigenvalue weighted by Crippen LogP contribution is 2.28. The fourth-order valence-corrected chi connectivity index (χ4v) is 3.90. The summed E-state index contributed by atoms with van der Waals surface area (Å²) in [6, 6.07) is 14.9. The van der Waals surface area contributed by atoms with E-state index in [0.29, 0.717) is 5.56 Å². The normalized spacial score (nSPS) is 12.7. The summed E-state index contributed by atoms with van der Waals surface area (Å²) in [6.07, 6.45) is -0.742. The molecule has 0 bridgehead atoms. The van der Waals surface area contributed by atoms with Gasteiger partial charge in [-0.1, -0.05) is 62.4 Å². The van der Waals surface area contributed by atoms with Crippen molar-refractivity contribution in [3.8, 4) is 6.07 Å². The standard InChI is InChI=1S/C29H38N4O4/c1-19(2)24(32-28(36)37-29(5,6)7)27(35)33(17-16-30)25(23-15-11-12-20(3)21(23)4)26(34)31-18-22-13-9-8-10-14-22/h8-15,19,24-25H,17-18H2,1-7H3,(H,31,34)(H,32,36). The van der Waals surface area contributed by atoms with Crippen molar-refractivity contribution in [3.63, 3.8) is 0 Å². The zero-order chi connectivity index (χ0) is 27.8. The van der Waals surface area contributed by atoms with Crippen LogP contribution in [-0.2, 0) is 20.9 Å². The van der Waals surface area contributed by atoms with E-state index in [0.717, 1.165) is 16.7 Å². The van der Waals surface area contributed by atoms with Crippen LogP contribution in [0.3, 0.4) is 0 Å². The molecule has 0 aromatic heterocycles. The summed E-state index contributed by atoms with van der Waals surface area (Å²) in [4.78, 5) is 41.3. The molecule has 2 unspecified atom stereocenters. The molecular formula is C29H38N4O4. The summed E-state index contributed by atoms with van der Waals surface area (Å²) < 4.78 is 5.36. The molecule has 8 nitrogen and oxygen atoms in total. The summed E-state index contributed by atoms with van der Waals surface area (Å²) >= 11 is 0. The summed E-state index contributed by atoms with van der Waals surface area (Å²) in [7, 11) is 0. The lowest BCUT2D eigenvalue weighted by atomic mass is 9.94. The molecule has 8 heteroatoms. The molecule has 0 radical (unpaired) electrons. The lowest BCUT2D eigenvalue weighted by molar-refractivity contribution is -0.142. The van der Waals surface area contributed by atoms with E-state index in [-0.39, 0.29) is 19.0 Å². The van der Waals surface area contributed by atoms with Crippen LogP contribution >= 0.6 is 0 Å². The molecule has 0 aliphatic carbocycles. The third kappa shape index (κ3) is 8.35. The Bertz CT molecular complexity index is 1130. The number of alkyl carbamates (subject to hydrolysis) is 1. The van der Waals surface area contributed by atoms with E-state index < -0.39 is 35.6 Å². The van der Waals surface area contributed by atoms with Crippen LogP contribution in [0.5, 0.6) is 0 Å². The molecule has 2 aromatic rings. The molecule has 2 N–H and O–H groups in total. The van der Waals surface area contributed by atoms with Crippen LogP contribution in [0.25, 0.3) is 0 Å². The smallest absolute Gasteiger partial charge is 0.408 e. The van der Waals surface area contributed by atoms with Gasteiger partial charge in [0.2, 0.25) is 11.8 Å². The van der Waals surface area contributed by atoms with Gasteiger partial charge in [-0.05, 0) is 62.8 Å². The third-order valence-electron chi connectivity index (χ3n) is 5.94. The minimum Gasteiger partial charge on any atom is -0.444 e. The first-order valence-electron chi connectivity index (χ1n) is 12.4. The van der Waals surface area contributed by atoms with Crippen molar-refractivity contribution in [1.29, 1.82) is 5.26 Å². The minimum atomic E-state index is -1.07. The predicted molar refractivity (Wildman–Crippen MR) is 142 cm³/mol. The number of carbonyl (C=O) groups is 3. The van der Waals surface area contributed by atoms with Crippen molar-refractivity contribution < 1.29 is 19.1 Å². The molecule has 2 atom stereocenters. The van der Waals surface area contributed by atoms with Crippen LogP contribution < -0.4 is 10.6 Å². The zero-order valence-electron chi connectivity index (χ0n) is 22.8. The highest BCUT2D eigenvalue weighted by atomic mass is 16.6. The Morgan fingerprint density at radius 2 is 1.68 bits per heavy atom. The van der Waals surface area contributed by atoms with Gasteiger partial charge in [-0.25, -0.2) is 4.79 Å². The number of ether oxygens (including phenoxy) is 1. The van der Waals surface area contributed by atoms with Crippen LogP contribution in [0.15, 0.2) is 48.5 Å². The molecular weight excluding hydrogens is 468 g/mol. The first-order valence-corrected chi connectivity index (χ1v) is 12.4. The number of aryl methyl sites for hydroxylation is 1. The molecule has 0 saturated carbocycles. The van der Waals surface area contributed by atoms with Gasteiger partial charge in [0.05, 0.1) is 6.07 Å². The first kappa shape index (κ1) is 29.4. The molecule has 0 aliphatic heterocycles. The van der Waals surface area contributed by atoms with Crippen molar-refractivity contribution in [2.75, 3.05) is 6.54 Å². The van der Waals surface area contributed by atoms with Crippen LogP contribution in [0.1, 0.15) is 62.9 Å². The quantitative estimate of drug-likeness (QED) is 0.484. The maximum absolute atomic E-state index is 13.9. The van der Waals surface area contributed by atoms with E-state index in [1.807, 2.05) is 62.4 Å². The predicted octanol–water partition coefficient (Wildman–Crippen LogP) is 4.56. The molecule has 2 aromatic carbocycles. The summed E-state index contributed by atoms with van der Waals surface area (Å²) in [6.45, 7) is 12.5. The van der Waals surface area contributed by atoms with E-state index in [1.54, 1.807) is 40.7 Å². The van der Waals surface area contributed by atoms with Gasteiger partial charge in [0, 0.05) is 6.54 Å². The Morgan fingerprint density at radius 3 is 2.24 bits per heavy atom. The molecule has 0 spiro atoms. The number of benzene rings is 2. The number of nitrogens with zero attached hydrogens (tertiary/aromatic N) is 2. The average Bonchev–Trinajstić information content (AvgIpc) is 2.82. The summed E-state index contributed by atoms with van der Waals surface area (Å²) in [5.41, 5.74) is 2.57. The molecule has 2 rings (SSSR count). The SMILES string of the molecule is Cc1cccc(C(C(=O)NCc2ccccc2)N(CC#N)C(=O)C(NC(=O)OC(C)(C)C)C(C)C)c1C. The molecule has 198 valence electrons. The lowest BCUT2D eigenvalue weighted by Gasteiger charge is -2.34. The Balaban J connectivity index is 2.48. The first-order chi connectivity index (χ1) is 17.4. The Labute approximate surface area is 220 Å². The molecule has 0 fully saturated rings. The van der Waals surface area contributed by atoms with E-state index in [4.69, 9.17) is 4.74 Å². The van der Waals surface area contributed by atoms with Crippen molar-refractivity contribution in [3.05, 3.63) is 70.8 Å². The van der Waals surface area contributed by atoms with Crippen molar-refractivity contribution >= 4 is 17.9 Å². The summed E-state index contributed by atoms with van der Waals surface area (Å²) in [5, 5.41) is 15.2. The van der Waals surface area contributed by atoms with E-state index >= 15 is 0 Å². The number of carbonyl (C=O) groups excluding carboxylic acids is 3. The van der Waals surface area contributed by atoms with Crippen LogP contribution in [-0.4, -0.2) is 41.0 Å². The molecule has 0 heterocycles. The lowest BCUT2D eigenvalue weighted by Crippen LogP contribution is -2.55. The van der Waals surface area contributed by atoms with E-state index in [1.165, 1.54) is 4.90 Å². The number of nitrogens with one attached hydrogen (secondary N) is 2. The van der Waals surface area contributed by atoms with E-state index in [9.17, 15) is 19.6 Å². The van der Waals surface area contributed by atoms with E-state index in [2.05, 4.69) is 10.6 Å². The fourth-order valence-electron chi connectivity index (χ4n) is 3.90. The Kier molecular flexibility index (Phi) is 10.2. The highest BCUT2D eigenvalue weighted by Gasteiger charge is 2.38. The minimum absolute atomic E-state index is 0.263. The second kappa shape index (κ2) is 12.9. The van der Waals surface area contributed by atoms with Gasteiger partial charge in [0.15, 0.2) is 0 Å². The van der Waals surface area contributed by atoms with Gasteiger partial charge in [-0.3, -0.25) is 9.59 Å². The van der Waals surface area contributed by atoms with Crippen molar-refractivity contribution in [2.24, 2.45) is 5.92 Å². The van der Waals surface area contributed by atoms with Gasteiger partial charge in [0.1, 0.15) is 24.2 Å². The Hall–Kier alpha value is -3.86. The zero-order valence-corrected chi connectivity index (χ0v) is 22.8. The largest absolute Gasteiger partial charge is 0.444 e. The molecule has 3 amide bonds. The fraction of sp³-hybridized carbons (Fsp3) is 0.448.